The van der Waals surface area contributed by atoms with Crippen LogP contribution in [0.5, 0.6) is 0 Å². The molecular formula is C12H18O3. The van der Waals surface area contributed by atoms with Gasteiger partial charge in [-0.1, -0.05) is 6.08 Å². The van der Waals surface area contributed by atoms with Crippen LogP contribution in [0.15, 0.2) is 11.6 Å². The van der Waals surface area contributed by atoms with Crippen molar-refractivity contribution in [2.75, 3.05) is 13.7 Å². The number of ether oxygens (including phenoxy) is 3. The molecule has 3 nitrogen and oxygen atoms in total. The minimum atomic E-state index is -0.457. The van der Waals surface area contributed by atoms with Crippen molar-refractivity contribution in [2.24, 2.45) is 0 Å². The molecule has 2 fully saturated rings. The lowest BCUT2D eigenvalue weighted by molar-refractivity contribution is -0.221. The van der Waals surface area contributed by atoms with Gasteiger partial charge in [0.15, 0.2) is 5.79 Å². The third kappa shape index (κ3) is 1.23. The molecule has 3 rings (SSSR count). The Kier molecular flexibility index (Phi) is 2.00. The van der Waals surface area contributed by atoms with Gasteiger partial charge in [0.2, 0.25) is 0 Å². The predicted molar refractivity (Wildman–Crippen MR) is 55.5 cm³/mol. The maximum absolute atomic E-state index is 6.20. The van der Waals surface area contributed by atoms with Gasteiger partial charge < -0.3 is 14.2 Å². The lowest BCUT2D eigenvalue weighted by atomic mass is 9.81. The quantitative estimate of drug-likeness (QED) is 0.620. The van der Waals surface area contributed by atoms with Crippen molar-refractivity contribution in [1.29, 1.82) is 0 Å². The van der Waals surface area contributed by atoms with E-state index in [-0.39, 0.29) is 11.7 Å². The largest absolute Gasteiger partial charge is 0.370 e. The van der Waals surface area contributed by atoms with Gasteiger partial charge in [0.05, 0.1) is 12.7 Å². The minimum absolute atomic E-state index is 0.150. The van der Waals surface area contributed by atoms with Crippen LogP contribution < -0.4 is 0 Å². The van der Waals surface area contributed by atoms with E-state index in [4.69, 9.17) is 14.2 Å². The van der Waals surface area contributed by atoms with Crippen molar-refractivity contribution in [2.45, 2.75) is 50.1 Å². The molecule has 3 atom stereocenters. The zero-order chi connectivity index (χ0) is 10.5. The third-order valence-corrected chi connectivity index (χ3v) is 4.03. The van der Waals surface area contributed by atoms with Crippen LogP contribution in [0.4, 0.5) is 0 Å². The molecule has 0 N–H and O–H groups in total. The van der Waals surface area contributed by atoms with Gasteiger partial charge in [-0.2, -0.15) is 0 Å². The number of allylic oxidation sites excluding steroid dienone is 1. The number of hydrogen-bond donors (Lipinski definition) is 0. The molecule has 0 unspecified atom stereocenters. The molecule has 0 amide bonds. The van der Waals surface area contributed by atoms with Crippen molar-refractivity contribution in [1.82, 2.24) is 0 Å². The van der Waals surface area contributed by atoms with Gasteiger partial charge in [-0.3, -0.25) is 0 Å². The van der Waals surface area contributed by atoms with E-state index in [0.717, 1.165) is 19.4 Å². The number of rotatable bonds is 1. The molecule has 3 heteroatoms. The average molecular weight is 210 g/mol. The number of methoxy groups -OCH3 is 1. The van der Waals surface area contributed by atoms with E-state index < -0.39 is 5.79 Å². The zero-order valence-electron chi connectivity index (χ0n) is 9.41. The second kappa shape index (κ2) is 3.06. The van der Waals surface area contributed by atoms with E-state index >= 15 is 0 Å². The smallest absolute Gasteiger partial charge is 0.169 e. The first-order valence-corrected chi connectivity index (χ1v) is 5.75. The molecule has 2 heterocycles. The molecule has 2 saturated heterocycles. The number of hydrogen-bond acceptors (Lipinski definition) is 3. The Morgan fingerprint density at radius 2 is 2.40 bits per heavy atom. The molecule has 84 valence electrons. The van der Waals surface area contributed by atoms with E-state index in [1.54, 1.807) is 7.11 Å². The van der Waals surface area contributed by atoms with Crippen LogP contribution in [-0.4, -0.2) is 31.2 Å². The Bertz CT molecular complexity index is 312. The van der Waals surface area contributed by atoms with E-state index in [1.165, 1.54) is 18.4 Å². The molecule has 1 aliphatic carbocycles. The summed E-state index contributed by atoms with van der Waals surface area (Å²) >= 11 is 0. The Morgan fingerprint density at radius 3 is 3.20 bits per heavy atom. The maximum atomic E-state index is 6.20. The lowest BCUT2D eigenvalue weighted by Crippen LogP contribution is -2.40. The van der Waals surface area contributed by atoms with Gasteiger partial charge in [-0.25, -0.2) is 0 Å². The summed E-state index contributed by atoms with van der Waals surface area (Å²) in [4.78, 5) is 0. The third-order valence-electron chi connectivity index (χ3n) is 4.03. The standard InChI is InChI=1S/C12H18O3/c1-11(13-2)7-10-12(15-11)6-4-3-5-9(12)8-14-10/h5,10H,3-4,6-8H2,1-2H3/t10-,11-,12-/m0/s1. The first-order valence-electron chi connectivity index (χ1n) is 5.75. The van der Waals surface area contributed by atoms with Crippen LogP contribution in [0.1, 0.15) is 32.6 Å². The summed E-state index contributed by atoms with van der Waals surface area (Å²) in [5.41, 5.74) is 1.20. The zero-order valence-corrected chi connectivity index (χ0v) is 9.41. The van der Waals surface area contributed by atoms with Crippen molar-refractivity contribution in [3.63, 3.8) is 0 Å². The fourth-order valence-corrected chi connectivity index (χ4v) is 3.14. The Balaban J connectivity index is 1.96. The Labute approximate surface area is 90.4 Å². The van der Waals surface area contributed by atoms with Crippen LogP contribution >= 0.6 is 0 Å². The van der Waals surface area contributed by atoms with E-state index in [2.05, 4.69) is 6.08 Å². The second-order valence-corrected chi connectivity index (χ2v) is 4.95. The Hall–Kier alpha value is -0.380. The normalized spacial score (nSPS) is 48.7. The summed E-state index contributed by atoms with van der Waals surface area (Å²) in [6.07, 6.45) is 6.80. The molecule has 0 aromatic carbocycles. The molecule has 15 heavy (non-hydrogen) atoms. The van der Waals surface area contributed by atoms with E-state index in [0.29, 0.717) is 0 Å². The highest BCUT2D eigenvalue weighted by Gasteiger charge is 2.60. The summed E-state index contributed by atoms with van der Waals surface area (Å²) in [5, 5.41) is 0. The fraction of sp³-hybridized carbons (Fsp3) is 0.833. The van der Waals surface area contributed by atoms with Crippen molar-refractivity contribution in [3.05, 3.63) is 11.6 Å². The van der Waals surface area contributed by atoms with Gasteiger partial charge >= 0.3 is 0 Å². The SMILES string of the molecule is CO[C@]1(C)C[C@@H]2OCC3=CCCC[C@]32O1. The van der Waals surface area contributed by atoms with Crippen LogP contribution in [0, 0.1) is 0 Å². The van der Waals surface area contributed by atoms with Crippen LogP contribution in [-0.2, 0) is 14.2 Å². The molecule has 1 spiro atoms. The predicted octanol–water partition coefficient (Wildman–Crippen LogP) is 2.02. The maximum Gasteiger partial charge on any atom is 0.169 e. The molecule has 0 aromatic rings. The van der Waals surface area contributed by atoms with Gasteiger partial charge in [-0.05, 0) is 31.8 Å². The highest BCUT2D eigenvalue weighted by atomic mass is 16.7. The molecule has 0 aromatic heterocycles. The second-order valence-electron chi connectivity index (χ2n) is 4.95. The monoisotopic (exact) mass is 210 g/mol. The minimum Gasteiger partial charge on any atom is -0.370 e. The molecule has 3 aliphatic rings. The van der Waals surface area contributed by atoms with Crippen LogP contribution in [0.3, 0.4) is 0 Å². The van der Waals surface area contributed by atoms with E-state index in [1.807, 2.05) is 6.92 Å². The van der Waals surface area contributed by atoms with Gasteiger partial charge in [0.25, 0.3) is 0 Å². The van der Waals surface area contributed by atoms with Gasteiger partial charge in [0.1, 0.15) is 5.60 Å². The van der Waals surface area contributed by atoms with Gasteiger partial charge in [-0.15, -0.1) is 0 Å². The highest BCUT2D eigenvalue weighted by Crippen LogP contribution is 2.52. The molecular weight excluding hydrogens is 192 g/mol. The average Bonchev–Trinajstić information content (AvgIpc) is 2.69. The lowest BCUT2D eigenvalue weighted by Gasteiger charge is -2.34. The summed E-state index contributed by atoms with van der Waals surface area (Å²) in [6.45, 7) is 2.76. The topological polar surface area (TPSA) is 27.7 Å². The molecule has 0 saturated carbocycles. The van der Waals surface area contributed by atoms with Crippen LogP contribution in [0.2, 0.25) is 0 Å². The Morgan fingerprint density at radius 1 is 1.53 bits per heavy atom. The van der Waals surface area contributed by atoms with E-state index in [9.17, 15) is 0 Å². The molecule has 0 bridgehead atoms. The summed E-state index contributed by atoms with van der Waals surface area (Å²) in [5.74, 6) is -0.457. The van der Waals surface area contributed by atoms with Crippen molar-refractivity contribution in [3.8, 4) is 0 Å². The fourth-order valence-electron chi connectivity index (χ4n) is 3.14. The molecule has 2 aliphatic heterocycles. The molecule has 0 radical (unpaired) electrons. The highest BCUT2D eigenvalue weighted by molar-refractivity contribution is 5.29. The summed E-state index contributed by atoms with van der Waals surface area (Å²) in [7, 11) is 1.71. The van der Waals surface area contributed by atoms with Crippen LogP contribution in [0.25, 0.3) is 0 Å². The summed E-state index contributed by atoms with van der Waals surface area (Å²) in [6, 6.07) is 0. The van der Waals surface area contributed by atoms with Gasteiger partial charge in [0, 0.05) is 13.5 Å². The summed E-state index contributed by atoms with van der Waals surface area (Å²) < 4.78 is 17.5. The van der Waals surface area contributed by atoms with Crippen molar-refractivity contribution < 1.29 is 14.2 Å². The first-order chi connectivity index (χ1) is 7.19. The first kappa shape index (κ1) is 9.82. The van der Waals surface area contributed by atoms with Crippen molar-refractivity contribution >= 4 is 0 Å².